The Morgan fingerprint density at radius 2 is 1.65 bits per heavy atom. The summed E-state index contributed by atoms with van der Waals surface area (Å²) in [4.78, 5) is 30.4. The third-order valence-corrected chi connectivity index (χ3v) is 5.79. The Bertz CT molecular complexity index is 1030. The van der Waals surface area contributed by atoms with Crippen molar-refractivity contribution in [3.05, 3.63) is 59.8 Å². The number of hydrogen-bond acceptors (Lipinski definition) is 6. The number of anilines is 2. The van der Waals surface area contributed by atoms with E-state index < -0.39 is 0 Å². The van der Waals surface area contributed by atoms with E-state index in [1.807, 2.05) is 50.2 Å². The Morgan fingerprint density at radius 1 is 0.971 bits per heavy atom. The molecule has 0 aromatic heterocycles. The average molecular weight is 466 g/mol. The minimum atomic E-state index is -0.344. The molecule has 1 aliphatic heterocycles. The monoisotopic (exact) mass is 465 g/mol. The molecular formula is C27H35N3O4. The van der Waals surface area contributed by atoms with Crippen molar-refractivity contribution in [2.45, 2.75) is 40.2 Å². The van der Waals surface area contributed by atoms with E-state index in [0.717, 1.165) is 24.5 Å². The minimum Gasteiger partial charge on any atom is -0.496 e. The lowest BCUT2D eigenvalue weighted by Crippen LogP contribution is -2.34. The molecule has 7 nitrogen and oxygen atoms in total. The van der Waals surface area contributed by atoms with Gasteiger partial charge in [-0.15, -0.1) is 0 Å². The van der Waals surface area contributed by atoms with Gasteiger partial charge < -0.3 is 19.7 Å². The lowest BCUT2D eigenvalue weighted by atomic mass is 10.0. The molecule has 2 aromatic carbocycles. The number of ether oxygens (including phenoxy) is 2. The van der Waals surface area contributed by atoms with E-state index in [0.29, 0.717) is 29.9 Å². The Kier molecular flexibility index (Phi) is 8.71. The zero-order valence-electron chi connectivity index (χ0n) is 20.8. The van der Waals surface area contributed by atoms with Crippen molar-refractivity contribution in [1.82, 2.24) is 4.90 Å². The van der Waals surface area contributed by atoms with Gasteiger partial charge in [0.1, 0.15) is 11.4 Å². The van der Waals surface area contributed by atoms with Crippen molar-refractivity contribution in [2.75, 3.05) is 43.6 Å². The van der Waals surface area contributed by atoms with Crippen molar-refractivity contribution < 1.29 is 19.1 Å². The molecule has 0 aliphatic carbocycles. The summed E-state index contributed by atoms with van der Waals surface area (Å²) in [5.41, 5.74) is 3.01. The normalized spacial score (nSPS) is 13.8. The van der Waals surface area contributed by atoms with Gasteiger partial charge in [0.2, 0.25) is 0 Å². The fraction of sp³-hybridized carbons (Fsp3) is 0.407. The molecular weight excluding hydrogens is 430 g/mol. The van der Waals surface area contributed by atoms with Crippen LogP contribution in [0.3, 0.4) is 0 Å². The summed E-state index contributed by atoms with van der Waals surface area (Å²) in [5, 5.41) is 3.22. The van der Waals surface area contributed by atoms with E-state index in [2.05, 4.69) is 24.1 Å². The highest BCUT2D eigenvalue weighted by Crippen LogP contribution is 2.35. The molecule has 0 saturated carbocycles. The third kappa shape index (κ3) is 5.59. The van der Waals surface area contributed by atoms with Crippen LogP contribution in [0, 0.1) is 0 Å². The van der Waals surface area contributed by atoms with Crippen molar-refractivity contribution in [1.29, 1.82) is 0 Å². The standard InChI is InChI=1S/C27H35N3O4/c1-6-29(7-2)21-15-13-20(14-16-21)28-25-24(22-11-8-9-12-23(22)33-5)26(31)30(27(25)32)17-10-18-34-19(3)4/h8-9,11-16,19,28H,6-7,10,17-18H2,1-5H3. The number of nitrogens with one attached hydrogen (secondary N) is 1. The molecule has 0 radical (unpaired) electrons. The maximum Gasteiger partial charge on any atom is 0.278 e. The summed E-state index contributed by atoms with van der Waals surface area (Å²) >= 11 is 0. The van der Waals surface area contributed by atoms with Gasteiger partial charge >= 0.3 is 0 Å². The summed E-state index contributed by atoms with van der Waals surface area (Å²) in [6.45, 7) is 10.7. The van der Waals surface area contributed by atoms with Crippen molar-refractivity contribution in [3.8, 4) is 5.75 Å². The van der Waals surface area contributed by atoms with E-state index in [-0.39, 0.29) is 30.2 Å². The number of benzene rings is 2. The first kappa shape index (κ1) is 25.3. The zero-order chi connectivity index (χ0) is 24.7. The SMILES string of the molecule is CCN(CC)c1ccc(NC2=C(c3ccccc3OC)C(=O)N(CCCOC(C)C)C2=O)cc1. The van der Waals surface area contributed by atoms with Crippen LogP contribution >= 0.6 is 0 Å². The molecule has 0 spiro atoms. The topological polar surface area (TPSA) is 71.1 Å². The summed E-state index contributed by atoms with van der Waals surface area (Å²) in [6.07, 6.45) is 0.671. The van der Waals surface area contributed by atoms with Crippen molar-refractivity contribution >= 4 is 28.8 Å². The zero-order valence-corrected chi connectivity index (χ0v) is 20.8. The first-order chi connectivity index (χ1) is 16.4. The van der Waals surface area contributed by atoms with Crippen LogP contribution in [0.1, 0.15) is 39.7 Å². The van der Waals surface area contributed by atoms with Crippen molar-refractivity contribution in [2.24, 2.45) is 0 Å². The summed E-state index contributed by atoms with van der Waals surface area (Å²) in [5.74, 6) is -0.135. The minimum absolute atomic E-state index is 0.101. The summed E-state index contributed by atoms with van der Waals surface area (Å²) in [7, 11) is 1.56. The number of nitrogens with zero attached hydrogens (tertiary/aromatic N) is 2. The van der Waals surface area contributed by atoms with E-state index in [1.54, 1.807) is 19.2 Å². The first-order valence-corrected chi connectivity index (χ1v) is 11.9. The van der Waals surface area contributed by atoms with E-state index in [9.17, 15) is 9.59 Å². The van der Waals surface area contributed by atoms with Crippen LogP contribution in [0.2, 0.25) is 0 Å². The predicted molar refractivity (Wildman–Crippen MR) is 136 cm³/mol. The van der Waals surface area contributed by atoms with Gasteiger partial charge in [-0.2, -0.15) is 0 Å². The molecule has 0 saturated heterocycles. The van der Waals surface area contributed by atoms with Crippen LogP contribution in [-0.4, -0.2) is 56.2 Å². The van der Waals surface area contributed by atoms with Gasteiger partial charge in [0.25, 0.3) is 11.8 Å². The quantitative estimate of drug-likeness (QED) is 0.366. The molecule has 0 atom stereocenters. The van der Waals surface area contributed by atoms with Gasteiger partial charge in [-0.3, -0.25) is 14.5 Å². The first-order valence-electron chi connectivity index (χ1n) is 11.9. The molecule has 1 aliphatic rings. The van der Waals surface area contributed by atoms with Crippen LogP contribution in [0.15, 0.2) is 54.2 Å². The lowest BCUT2D eigenvalue weighted by Gasteiger charge is -2.21. The molecule has 1 N–H and O–H groups in total. The fourth-order valence-electron chi connectivity index (χ4n) is 4.03. The molecule has 182 valence electrons. The molecule has 34 heavy (non-hydrogen) atoms. The molecule has 2 amide bonds. The van der Waals surface area contributed by atoms with Gasteiger partial charge in [0.15, 0.2) is 0 Å². The van der Waals surface area contributed by atoms with Crippen LogP contribution in [0.25, 0.3) is 5.57 Å². The molecule has 0 unspecified atom stereocenters. The molecule has 0 fully saturated rings. The molecule has 3 rings (SSSR count). The second-order valence-electron chi connectivity index (χ2n) is 8.33. The number of carbonyl (C=O) groups is 2. The lowest BCUT2D eigenvalue weighted by molar-refractivity contribution is -0.137. The number of amides is 2. The summed E-state index contributed by atoms with van der Waals surface area (Å²) < 4.78 is 11.1. The van der Waals surface area contributed by atoms with Gasteiger partial charge in [0.05, 0.1) is 18.8 Å². The number of imide groups is 1. The highest BCUT2D eigenvalue weighted by atomic mass is 16.5. The predicted octanol–water partition coefficient (Wildman–Crippen LogP) is 4.55. The number of carbonyl (C=O) groups excluding carboxylic acids is 2. The maximum atomic E-state index is 13.4. The van der Waals surface area contributed by atoms with Gasteiger partial charge in [0, 0.05) is 43.2 Å². The number of hydrogen-bond donors (Lipinski definition) is 1. The molecule has 1 heterocycles. The Morgan fingerprint density at radius 3 is 2.26 bits per heavy atom. The number of rotatable bonds is 12. The fourth-order valence-corrected chi connectivity index (χ4v) is 4.03. The van der Waals surface area contributed by atoms with Crippen LogP contribution < -0.4 is 15.0 Å². The van der Waals surface area contributed by atoms with Gasteiger partial charge in [-0.1, -0.05) is 18.2 Å². The second-order valence-corrected chi connectivity index (χ2v) is 8.33. The van der Waals surface area contributed by atoms with E-state index in [4.69, 9.17) is 9.47 Å². The van der Waals surface area contributed by atoms with E-state index >= 15 is 0 Å². The highest BCUT2D eigenvalue weighted by Gasteiger charge is 2.39. The highest BCUT2D eigenvalue weighted by molar-refractivity contribution is 6.37. The Hall–Kier alpha value is -3.32. The smallest absolute Gasteiger partial charge is 0.278 e. The van der Waals surface area contributed by atoms with Crippen LogP contribution in [0.5, 0.6) is 5.75 Å². The van der Waals surface area contributed by atoms with Gasteiger partial charge in [-0.25, -0.2) is 0 Å². The van der Waals surface area contributed by atoms with Crippen LogP contribution in [0.4, 0.5) is 11.4 Å². The van der Waals surface area contributed by atoms with Crippen molar-refractivity contribution in [3.63, 3.8) is 0 Å². The number of para-hydroxylation sites is 1. The Balaban J connectivity index is 1.92. The van der Waals surface area contributed by atoms with E-state index in [1.165, 1.54) is 4.90 Å². The maximum absolute atomic E-state index is 13.4. The largest absolute Gasteiger partial charge is 0.496 e. The molecule has 0 bridgehead atoms. The van der Waals surface area contributed by atoms with Gasteiger partial charge in [-0.05, 0) is 64.4 Å². The second kappa shape index (κ2) is 11.7. The number of methoxy groups -OCH3 is 1. The van der Waals surface area contributed by atoms with Crippen LogP contribution in [-0.2, 0) is 14.3 Å². The summed E-state index contributed by atoms with van der Waals surface area (Å²) in [6, 6.07) is 15.1. The third-order valence-electron chi connectivity index (χ3n) is 5.79. The average Bonchev–Trinajstić information content (AvgIpc) is 3.07. The molecule has 7 heteroatoms. The molecule has 2 aromatic rings. The Labute approximate surface area is 202 Å².